The number of carbonyl (C=O) groups is 2. The van der Waals surface area contributed by atoms with Crippen molar-refractivity contribution < 1.29 is 24.2 Å². The quantitative estimate of drug-likeness (QED) is 0.641. The number of hydrogen-bond acceptors (Lipinski definition) is 4. The molecule has 0 saturated carbocycles. The molecule has 1 heterocycles. The van der Waals surface area contributed by atoms with Gasteiger partial charge in [-0.2, -0.15) is 0 Å². The predicted molar refractivity (Wildman–Crippen MR) is 49.4 cm³/mol. The van der Waals surface area contributed by atoms with E-state index in [2.05, 4.69) is 5.32 Å². The molecule has 1 rings (SSSR count). The summed E-state index contributed by atoms with van der Waals surface area (Å²) in [7, 11) is 0. The van der Waals surface area contributed by atoms with Crippen molar-refractivity contribution in [2.75, 3.05) is 6.61 Å². The molecule has 0 bridgehead atoms. The van der Waals surface area contributed by atoms with E-state index in [0.29, 0.717) is 5.76 Å². The summed E-state index contributed by atoms with van der Waals surface area (Å²) in [5.41, 5.74) is 0. The molecule has 82 valence electrons. The molecule has 1 atom stereocenters. The van der Waals surface area contributed by atoms with Crippen LogP contribution in [0.15, 0.2) is 16.5 Å². The second kappa shape index (κ2) is 4.61. The number of aryl methyl sites for hydroxylation is 1. The highest BCUT2D eigenvalue weighted by Crippen LogP contribution is 2.06. The van der Waals surface area contributed by atoms with Crippen LogP contribution in [0.2, 0.25) is 0 Å². The maximum atomic E-state index is 11.4. The van der Waals surface area contributed by atoms with Gasteiger partial charge in [-0.1, -0.05) is 0 Å². The fraction of sp³-hybridized carbons (Fsp3) is 0.333. The monoisotopic (exact) mass is 213 g/mol. The Bertz CT molecular complexity index is 370. The minimum Gasteiger partial charge on any atom is -0.480 e. The molecule has 0 fully saturated rings. The number of carboxylic acid groups (broad SMARTS) is 1. The van der Waals surface area contributed by atoms with E-state index < -0.39 is 24.5 Å². The van der Waals surface area contributed by atoms with Crippen molar-refractivity contribution in [2.45, 2.75) is 13.0 Å². The highest BCUT2D eigenvalue weighted by molar-refractivity contribution is 5.94. The standard InChI is InChI=1S/C9H11NO5/c1-5-2-3-7(15-5)8(12)10-6(4-11)9(13)14/h2-3,6,11H,4H2,1H3,(H,10,12)(H,13,14). The number of carbonyl (C=O) groups excluding carboxylic acids is 1. The van der Waals surface area contributed by atoms with E-state index in [1.54, 1.807) is 13.0 Å². The third kappa shape index (κ3) is 2.81. The first kappa shape index (κ1) is 11.3. The van der Waals surface area contributed by atoms with Crippen LogP contribution in [0.3, 0.4) is 0 Å². The highest BCUT2D eigenvalue weighted by atomic mass is 16.4. The zero-order valence-corrected chi connectivity index (χ0v) is 8.06. The van der Waals surface area contributed by atoms with Crippen molar-refractivity contribution in [1.29, 1.82) is 0 Å². The van der Waals surface area contributed by atoms with Gasteiger partial charge in [0.2, 0.25) is 0 Å². The maximum Gasteiger partial charge on any atom is 0.328 e. The van der Waals surface area contributed by atoms with Crippen LogP contribution in [0.4, 0.5) is 0 Å². The van der Waals surface area contributed by atoms with Gasteiger partial charge in [0.05, 0.1) is 6.61 Å². The number of rotatable bonds is 4. The number of carboxylic acids is 1. The SMILES string of the molecule is Cc1ccc(C(=O)NC(CO)C(=O)O)o1. The van der Waals surface area contributed by atoms with E-state index in [4.69, 9.17) is 14.6 Å². The molecule has 0 saturated heterocycles. The van der Waals surface area contributed by atoms with Crippen LogP contribution in [0.5, 0.6) is 0 Å². The van der Waals surface area contributed by atoms with E-state index >= 15 is 0 Å². The van der Waals surface area contributed by atoms with Crippen LogP contribution in [0.1, 0.15) is 16.3 Å². The normalized spacial score (nSPS) is 12.1. The van der Waals surface area contributed by atoms with Crippen molar-refractivity contribution in [3.05, 3.63) is 23.7 Å². The molecule has 0 aliphatic carbocycles. The predicted octanol–water partition coefficient (Wildman–Crippen LogP) is -0.237. The molecule has 1 aromatic heterocycles. The Hall–Kier alpha value is -1.82. The number of aliphatic hydroxyl groups excluding tert-OH is 1. The molecule has 1 amide bonds. The molecule has 1 aromatic rings. The summed E-state index contributed by atoms with van der Waals surface area (Å²) in [6.45, 7) is 0.998. The second-order valence-electron chi connectivity index (χ2n) is 2.96. The lowest BCUT2D eigenvalue weighted by atomic mass is 10.3. The number of aliphatic carboxylic acids is 1. The number of furan rings is 1. The van der Waals surface area contributed by atoms with E-state index in [1.165, 1.54) is 6.07 Å². The van der Waals surface area contributed by atoms with Gasteiger partial charge in [-0.15, -0.1) is 0 Å². The third-order valence-corrected chi connectivity index (χ3v) is 1.75. The van der Waals surface area contributed by atoms with Gasteiger partial charge in [0.15, 0.2) is 11.8 Å². The summed E-state index contributed by atoms with van der Waals surface area (Å²) >= 11 is 0. The Morgan fingerprint density at radius 1 is 1.53 bits per heavy atom. The third-order valence-electron chi connectivity index (χ3n) is 1.75. The van der Waals surface area contributed by atoms with Gasteiger partial charge >= 0.3 is 5.97 Å². The fourth-order valence-electron chi connectivity index (χ4n) is 0.971. The lowest BCUT2D eigenvalue weighted by Crippen LogP contribution is -2.43. The van der Waals surface area contributed by atoms with E-state index in [9.17, 15) is 9.59 Å². The molecular formula is C9H11NO5. The average Bonchev–Trinajstić information content (AvgIpc) is 2.60. The lowest BCUT2D eigenvalue weighted by Gasteiger charge is -2.09. The van der Waals surface area contributed by atoms with Crippen molar-refractivity contribution in [3.8, 4) is 0 Å². The molecule has 0 aromatic carbocycles. The molecule has 0 radical (unpaired) electrons. The van der Waals surface area contributed by atoms with Crippen LogP contribution in [0, 0.1) is 6.92 Å². The zero-order valence-electron chi connectivity index (χ0n) is 8.06. The summed E-state index contributed by atoms with van der Waals surface area (Å²) in [6, 6.07) is 1.70. The Labute approximate surface area is 85.5 Å². The van der Waals surface area contributed by atoms with Crippen molar-refractivity contribution in [3.63, 3.8) is 0 Å². The van der Waals surface area contributed by atoms with Crippen molar-refractivity contribution in [1.82, 2.24) is 5.32 Å². The van der Waals surface area contributed by atoms with Gasteiger partial charge in [0.1, 0.15) is 5.76 Å². The highest BCUT2D eigenvalue weighted by Gasteiger charge is 2.20. The minimum absolute atomic E-state index is 0.0206. The summed E-state index contributed by atoms with van der Waals surface area (Å²) in [4.78, 5) is 21.8. The van der Waals surface area contributed by atoms with Gasteiger partial charge in [0.25, 0.3) is 5.91 Å². The summed E-state index contributed by atoms with van der Waals surface area (Å²) in [5, 5.41) is 19.4. The van der Waals surface area contributed by atoms with Crippen molar-refractivity contribution in [2.24, 2.45) is 0 Å². The second-order valence-corrected chi connectivity index (χ2v) is 2.96. The minimum atomic E-state index is -1.32. The lowest BCUT2D eigenvalue weighted by molar-refractivity contribution is -0.140. The Morgan fingerprint density at radius 2 is 2.20 bits per heavy atom. The largest absolute Gasteiger partial charge is 0.480 e. The van der Waals surface area contributed by atoms with Gasteiger partial charge in [-0.3, -0.25) is 4.79 Å². The van der Waals surface area contributed by atoms with E-state index in [1.807, 2.05) is 0 Å². The number of hydrogen-bond donors (Lipinski definition) is 3. The molecule has 6 heteroatoms. The first-order chi connectivity index (χ1) is 7.04. The molecule has 1 unspecified atom stereocenters. The van der Waals surface area contributed by atoms with Gasteiger partial charge in [0, 0.05) is 0 Å². The fourth-order valence-corrected chi connectivity index (χ4v) is 0.971. The van der Waals surface area contributed by atoms with Gasteiger partial charge in [-0.05, 0) is 19.1 Å². The number of amides is 1. The van der Waals surface area contributed by atoms with Crippen LogP contribution in [0.25, 0.3) is 0 Å². The maximum absolute atomic E-state index is 11.4. The summed E-state index contributed by atoms with van der Waals surface area (Å²) in [6.07, 6.45) is 0. The smallest absolute Gasteiger partial charge is 0.328 e. The average molecular weight is 213 g/mol. The van der Waals surface area contributed by atoms with Crippen molar-refractivity contribution >= 4 is 11.9 Å². The molecular weight excluding hydrogens is 202 g/mol. The van der Waals surface area contributed by atoms with Crippen LogP contribution >= 0.6 is 0 Å². The van der Waals surface area contributed by atoms with Crippen LogP contribution < -0.4 is 5.32 Å². The van der Waals surface area contributed by atoms with Gasteiger partial charge in [-0.25, -0.2) is 4.79 Å². The molecule has 0 spiro atoms. The summed E-state index contributed by atoms with van der Waals surface area (Å²) < 4.78 is 4.98. The molecule has 0 aliphatic heterocycles. The van der Waals surface area contributed by atoms with Crippen LogP contribution in [-0.2, 0) is 4.79 Å². The Balaban J connectivity index is 2.66. The zero-order chi connectivity index (χ0) is 11.4. The number of nitrogens with one attached hydrogen (secondary N) is 1. The molecule has 6 nitrogen and oxygen atoms in total. The molecule has 0 aliphatic rings. The summed E-state index contributed by atoms with van der Waals surface area (Å²) in [5.74, 6) is -1.39. The first-order valence-electron chi connectivity index (χ1n) is 4.25. The molecule has 15 heavy (non-hydrogen) atoms. The van der Waals surface area contributed by atoms with Crippen LogP contribution in [-0.4, -0.2) is 34.7 Å². The van der Waals surface area contributed by atoms with E-state index in [0.717, 1.165) is 0 Å². The topological polar surface area (TPSA) is 99.8 Å². The Morgan fingerprint density at radius 3 is 2.60 bits per heavy atom. The Kier molecular flexibility index (Phi) is 3.46. The van der Waals surface area contributed by atoms with E-state index in [-0.39, 0.29) is 5.76 Å². The number of aliphatic hydroxyl groups is 1. The van der Waals surface area contributed by atoms with Gasteiger partial charge < -0.3 is 19.9 Å². The first-order valence-corrected chi connectivity index (χ1v) is 4.25. The molecule has 3 N–H and O–H groups in total.